The number of nitrogens with one attached hydrogen (secondary N) is 2. The number of thioether (sulfide) groups is 1. The molecule has 0 unspecified atom stereocenters. The van der Waals surface area contributed by atoms with Crippen LogP contribution in [0, 0.1) is 11.8 Å². The summed E-state index contributed by atoms with van der Waals surface area (Å²) in [5.41, 5.74) is 6.43. The van der Waals surface area contributed by atoms with Gasteiger partial charge in [0.15, 0.2) is 0 Å². The van der Waals surface area contributed by atoms with Crippen LogP contribution < -0.4 is 10.9 Å². The van der Waals surface area contributed by atoms with Crippen LogP contribution in [0.25, 0.3) is 0 Å². The van der Waals surface area contributed by atoms with Crippen LogP contribution in [-0.2, 0) is 9.59 Å². The molecule has 0 aliphatic carbocycles. The van der Waals surface area contributed by atoms with Crippen molar-refractivity contribution < 1.29 is 14.7 Å². The normalized spacial score (nSPS) is 32.6. The molecule has 0 radical (unpaired) electrons. The Morgan fingerprint density at radius 3 is 2.68 bits per heavy atom. The van der Waals surface area contributed by atoms with Gasteiger partial charge in [-0.1, -0.05) is 12.6 Å². The Bertz CT molecular complexity index is 474. The van der Waals surface area contributed by atoms with Crippen LogP contribution in [0.4, 0.5) is 0 Å². The first kappa shape index (κ1) is 13.4. The summed E-state index contributed by atoms with van der Waals surface area (Å²) in [5, 5.41) is 9.12. The van der Waals surface area contributed by atoms with E-state index in [0.29, 0.717) is 5.70 Å². The lowest BCUT2D eigenvalue weighted by molar-refractivity contribution is -0.153. The van der Waals surface area contributed by atoms with Gasteiger partial charge in [0.05, 0.1) is 12.0 Å². The number of hydrogen-bond acceptors (Lipinski definition) is 6. The molecule has 0 saturated carbocycles. The molecule has 2 fully saturated rings. The number of hydrazine groups is 1. The summed E-state index contributed by atoms with van der Waals surface area (Å²) in [6.07, 6.45) is -0.698. The van der Waals surface area contributed by atoms with E-state index in [-0.39, 0.29) is 22.3 Å². The third kappa shape index (κ3) is 1.93. The Kier molecular flexibility index (Phi) is 3.38. The van der Waals surface area contributed by atoms with Crippen molar-refractivity contribution in [3.63, 3.8) is 0 Å². The summed E-state index contributed by atoms with van der Waals surface area (Å²) in [5.74, 6) is -0.435. The summed E-state index contributed by atoms with van der Waals surface area (Å²) in [6.45, 7) is 3.06. The summed E-state index contributed by atoms with van der Waals surface area (Å²) in [4.78, 5) is 26.2. The predicted molar refractivity (Wildman–Crippen MR) is 73.9 cm³/mol. The van der Waals surface area contributed by atoms with Gasteiger partial charge in [-0.15, -0.1) is 11.8 Å². The molecule has 19 heavy (non-hydrogen) atoms. The van der Waals surface area contributed by atoms with Crippen molar-refractivity contribution >= 4 is 35.4 Å². The van der Waals surface area contributed by atoms with Crippen molar-refractivity contribution in [3.8, 4) is 0 Å². The number of nitrogens with zero attached hydrogens (tertiary/aromatic N) is 1. The van der Waals surface area contributed by atoms with Gasteiger partial charge in [0.1, 0.15) is 11.1 Å². The summed E-state index contributed by atoms with van der Waals surface area (Å²) in [6, 6.07) is 0. The van der Waals surface area contributed by atoms with Gasteiger partial charge in [-0.05, 0) is 6.92 Å². The largest absolute Gasteiger partial charge is 0.392 e. The van der Waals surface area contributed by atoms with Crippen molar-refractivity contribution in [2.45, 2.75) is 18.4 Å². The number of β-lactam (4-membered cyclic amide) rings is 1. The van der Waals surface area contributed by atoms with E-state index >= 15 is 0 Å². The van der Waals surface area contributed by atoms with E-state index in [2.05, 4.69) is 23.5 Å². The van der Waals surface area contributed by atoms with E-state index < -0.39 is 12.0 Å². The van der Waals surface area contributed by atoms with Crippen molar-refractivity contribution in [3.05, 3.63) is 10.6 Å². The standard InChI is InChI=1S/C11H15N3O3S2/c1-4(15)6-9(16)14-7(11(17)18)8(19-10(6)14)5-2-12-13-3-5/h4-6,10,12-13,15H,2-3H2,1H3,(H,17,18)/t4-,6+,10+/m0/s1. The minimum Gasteiger partial charge on any atom is -0.392 e. The SMILES string of the molecule is C[C@H](O)[C@@H]1C(=O)N2C(C(=O)S)=C(C3CNNC3)S[C@H]12. The topological polar surface area (TPSA) is 81.7 Å². The molecule has 3 aliphatic heterocycles. The minimum absolute atomic E-state index is 0.158. The van der Waals surface area contributed by atoms with Gasteiger partial charge in [-0.25, -0.2) is 0 Å². The molecule has 104 valence electrons. The van der Waals surface area contributed by atoms with Crippen LogP contribution in [0.5, 0.6) is 0 Å². The van der Waals surface area contributed by atoms with Crippen LogP contribution >= 0.6 is 24.4 Å². The maximum atomic E-state index is 12.1. The van der Waals surface area contributed by atoms with Gasteiger partial charge in [0, 0.05) is 23.9 Å². The second kappa shape index (κ2) is 4.78. The highest BCUT2D eigenvalue weighted by Gasteiger charge is 2.57. The number of carbonyl (C=O) groups is 2. The van der Waals surface area contributed by atoms with Gasteiger partial charge in [-0.2, -0.15) is 0 Å². The zero-order chi connectivity index (χ0) is 13.7. The zero-order valence-electron chi connectivity index (χ0n) is 10.3. The lowest BCUT2D eigenvalue weighted by atomic mass is 9.92. The number of fused-ring (bicyclic) bond motifs is 1. The number of thiol groups is 1. The maximum absolute atomic E-state index is 12.1. The quantitative estimate of drug-likeness (QED) is 0.407. The van der Waals surface area contributed by atoms with Crippen LogP contribution in [0.15, 0.2) is 10.6 Å². The van der Waals surface area contributed by atoms with Crippen LogP contribution in [-0.4, -0.2) is 45.6 Å². The summed E-state index contributed by atoms with van der Waals surface area (Å²) >= 11 is 5.40. The second-order valence-corrected chi connectivity index (χ2v) is 6.52. The molecule has 0 aromatic carbocycles. The predicted octanol–water partition coefficient (Wildman–Crippen LogP) is -0.710. The second-order valence-electron chi connectivity index (χ2n) is 4.96. The Morgan fingerprint density at radius 1 is 1.53 bits per heavy atom. The van der Waals surface area contributed by atoms with Gasteiger partial charge in [-0.3, -0.25) is 25.3 Å². The molecule has 3 heterocycles. The zero-order valence-corrected chi connectivity index (χ0v) is 12.0. The van der Waals surface area contributed by atoms with Gasteiger partial charge < -0.3 is 5.11 Å². The third-order valence-electron chi connectivity index (χ3n) is 3.72. The number of aliphatic hydroxyl groups is 1. The molecule has 3 rings (SSSR count). The van der Waals surface area contributed by atoms with Gasteiger partial charge in [0.2, 0.25) is 11.0 Å². The summed E-state index contributed by atoms with van der Waals surface area (Å²) in [7, 11) is 0. The molecule has 0 spiro atoms. The maximum Gasteiger partial charge on any atom is 0.236 e. The average Bonchev–Trinajstić information content (AvgIpc) is 2.92. The summed E-state index contributed by atoms with van der Waals surface area (Å²) < 4.78 is 0. The first-order valence-electron chi connectivity index (χ1n) is 6.13. The van der Waals surface area contributed by atoms with Gasteiger partial charge in [0.25, 0.3) is 0 Å². The molecule has 2 saturated heterocycles. The van der Waals surface area contributed by atoms with E-state index in [0.717, 1.165) is 18.0 Å². The number of aliphatic hydroxyl groups excluding tert-OH is 1. The first-order chi connectivity index (χ1) is 9.02. The van der Waals surface area contributed by atoms with E-state index in [1.807, 2.05) is 0 Å². The highest BCUT2D eigenvalue weighted by Crippen LogP contribution is 2.52. The molecule has 8 heteroatoms. The lowest BCUT2D eigenvalue weighted by Crippen LogP contribution is -2.60. The number of hydrogen-bond donors (Lipinski definition) is 4. The first-order valence-corrected chi connectivity index (χ1v) is 7.46. The van der Waals surface area contributed by atoms with Gasteiger partial charge >= 0.3 is 0 Å². The molecule has 3 N–H and O–H groups in total. The fourth-order valence-electron chi connectivity index (χ4n) is 2.75. The van der Waals surface area contributed by atoms with E-state index in [9.17, 15) is 14.7 Å². The van der Waals surface area contributed by atoms with Crippen LogP contribution in [0.2, 0.25) is 0 Å². The Hall–Kier alpha value is -0.540. The van der Waals surface area contributed by atoms with E-state index in [1.54, 1.807) is 6.92 Å². The molecule has 1 amide bonds. The van der Waals surface area contributed by atoms with Crippen LogP contribution in [0.3, 0.4) is 0 Å². The molecule has 0 aromatic rings. The van der Waals surface area contributed by atoms with Crippen molar-refractivity contribution in [1.29, 1.82) is 0 Å². The lowest BCUT2D eigenvalue weighted by Gasteiger charge is -2.43. The number of rotatable bonds is 3. The smallest absolute Gasteiger partial charge is 0.236 e. The Morgan fingerprint density at radius 2 is 2.16 bits per heavy atom. The Labute approximate surface area is 120 Å². The van der Waals surface area contributed by atoms with Crippen molar-refractivity contribution in [2.24, 2.45) is 11.8 Å². The molecule has 3 atom stereocenters. The van der Waals surface area contributed by atoms with E-state index in [1.165, 1.54) is 16.7 Å². The molecular formula is C11H15N3O3S2. The number of carbonyl (C=O) groups excluding carboxylic acids is 2. The fraction of sp³-hybridized carbons (Fsp3) is 0.636. The molecule has 0 aromatic heterocycles. The minimum atomic E-state index is -0.698. The molecule has 0 bridgehead atoms. The van der Waals surface area contributed by atoms with Crippen molar-refractivity contribution in [2.75, 3.05) is 13.1 Å². The molecular weight excluding hydrogens is 286 g/mol. The fourth-order valence-corrected chi connectivity index (χ4v) is 4.78. The van der Waals surface area contributed by atoms with Crippen LogP contribution in [0.1, 0.15) is 6.92 Å². The van der Waals surface area contributed by atoms with E-state index in [4.69, 9.17) is 0 Å². The third-order valence-corrected chi connectivity index (χ3v) is 5.46. The highest BCUT2D eigenvalue weighted by atomic mass is 32.2. The Balaban J connectivity index is 1.91. The highest BCUT2D eigenvalue weighted by molar-refractivity contribution is 8.04. The molecule has 3 aliphatic rings. The molecule has 6 nitrogen and oxygen atoms in total. The monoisotopic (exact) mass is 301 g/mol. The van der Waals surface area contributed by atoms with Crippen molar-refractivity contribution in [1.82, 2.24) is 15.8 Å². The number of amides is 1. The average molecular weight is 301 g/mol.